The number of fused-ring (bicyclic) bond motifs is 1. The molecule has 0 aliphatic rings. The molecule has 0 fully saturated rings. The molecule has 3 aromatic carbocycles. The van der Waals surface area contributed by atoms with Crippen molar-refractivity contribution in [2.24, 2.45) is 0 Å². The molecule has 0 bridgehead atoms. The Balaban J connectivity index is 1.87. The molecule has 1 atom stereocenters. The molecular weight excluding hydrogens is 382 g/mol. The van der Waals surface area contributed by atoms with Gasteiger partial charge in [-0.15, -0.1) is 0 Å². The normalized spacial score (nSPS) is 12.0. The SMILES string of the molecule is Cc1nc2ccc(Cl)cc2c(-c2ccccc2)c1C(=O)O[C@H](C)c1ccccc1. The van der Waals surface area contributed by atoms with Crippen molar-refractivity contribution in [3.8, 4) is 11.1 Å². The van der Waals surface area contributed by atoms with Crippen molar-refractivity contribution in [3.63, 3.8) is 0 Å². The summed E-state index contributed by atoms with van der Waals surface area (Å²) in [6.45, 7) is 3.71. The van der Waals surface area contributed by atoms with Gasteiger partial charge in [0, 0.05) is 16.0 Å². The Bertz CT molecular complexity index is 1170. The molecule has 0 amide bonds. The first-order chi connectivity index (χ1) is 14.0. The fourth-order valence-electron chi connectivity index (χ4n) is 3.52. The quantitative estimate of drug-likeness (QED) is 0.354. The van der Waals surface area contributed by atoms with Crippen molar-refractivity contribution in [2.75, 3.05) is 0 Å². The zero-order valence-electron chi connectivity index (χ0n) is 16.2. The van der Waals surface area contributed by atoms with Gasteiger partial charge in [-0.3, -0.25) is 4.98 Å². The first-order valence-electron chi connectivity index (χ1n) is 9.46. The Morgan fingerprint density at radius 1 is 0.966 bits per heavy atom. The van der Waals surface area contributed by atoms with Crippen LogP contribution < -0.4 is 0 Å². The summed E-state index contributed by atoms with van der Waals surface area (Å²) in [5.74, 6) is -0.396. The predicted molar refractivity (Wildman–Crippen MR) is 117 cm³/mol. The van der Waals surface area contributed by atoms with Gasteiger partial charge in [0.25, 0.3) is 0 Å². The van der Waals surface area contributed by atoms with Crippen LogP contribution in [0, 0.1) is 6.92 Å². The lowest BCUT2D eigenvalue weighted by molar-refractivity contribution is 0.0337. The van der Waals surface area contributed by atoms with Crippen LogP contribution in [0.2, 0.25) is 5.02 Å². The number of nitrogens with zero attached hydrogens (tertiary/aromatic N) is 1. The molecule has 4 rings (SSSR count). The minimum absolute atomic E-state index is 0.373. The van der Waals surface area contributed by atoms with E-state index in [1.165, 1.54) is 0 Å². The molecule has 0 spiro atoms. The van der Waals surface area contributed by atoms with Gasteiger partial charge < -0.3 is 4.74 Å². The van der Waals surface area contributed by atoms with Gasteiger partial charge in [0.1, 0.15) is 6.10 Å². The summed E-state index contributed by atoms with van der Waals surface area (Å²) in [6, 6.07) is 25.0. The average Bonchev–Trinajstić information content (AvgIpc) is 2.74. The number of aromatic nitrogens is 1. The van der Waals surface area contributed by atoms with Crippen LogP contribution in [-0.2, 0) is 4.74 Å². The zero-order valence-corrected chi connectivity index (χ0v) is 17.0. The number of halogens is 1. The molecule has 1 heterocycles. The van der Waals surface area contributed by atoms with Crippen LogP contribution in [0.1, 0.15) is 34.6 Å². The maximum Gasteiger partial charge on any atom is 0.341 e. The van der Waals surface area contributed by atoms with Gasteiger partial charge in [0.2, 0.25) is 0 Å². The minimum Gasteiger partial charge on any atom is -0.454 e. The topological polar surface area (TPSA) is 39.2 Å². The fourth-order valence-corrected chi connectivity index (χ4v) is 3.70. The van der Waals surface area contributed by atoms with Crippen LogP contribution in [-0.4, -0.2) is 11.0 Å². The van der Waals surface area contributed by atoms with Crippen LogP contribution in [0.25, 0.3) is 22.0 Å². The van der Waals surface area contributed by atoms with Gasteiger partial charge in [-0.2, -0.15) is 0 Å². The van der Waals surface area contributed by atoms with E-state index in [1.807, 2.05) is 86.6 Å². The molecule has 1 aromatic heterocycles. The molecular formula is C25H20ClNO2. The second-order valence-electron chi connectivity index (χ2n) is 6.93. The summed E-state index contributed by atoms with van der Waals surface area (Å²) < 4.78 is 5.83. The molecule has 0 aliphatic heterocycles. The van der Waals surface area contributed by atoms with Crippen LogP contribution in [0.3, 0.4) is 0 Å². The van der Waals surface area contributed by atoms with E-state index < -0.39 is 5.97 Å². The van der Waals surface area contributed by atoms with Crippen molar-refractivity contribution < 1.29 is 9.53 Å². The first-order valence-corrected chi connectivity index (χ1v) is 9.83. The molecule has 3 nitrogen and oxygen atoms in total. The van der Waals surface area contributed by atoms with Crippen LogP contribution in [0.5, 0.6) is 0 Å². The Hall–Kier alpha value is -3.17. The van der Waals surface area contributed by atoms with E-state index in [-0.39, 0.29) is 6.10 Å². The Kier molecular flexibility index (Phi) is 5.32. The van der Waals surface area contributed by atoms with Crippen LogP contribution in [0.15, 0.2) is 78.9 Å². The Morgan fingerprint density at radius 2 is 1.62 bits per heavy atom. The maximum absolute atomic E-state index is 13.3. The standard InChI is InChI=1S/C25H20ClNO2/c1-16-23(25(28)29-17(2)18-9-5-3-6-10-18)24(19-11-7-4-8-12-19)21-15-20(26)13-14-22(21)27-16/h3-15,17H,1-2H3/t17-/m1/s1. The lowest BCUT2D eigenvalue weighted by Crippen LogP contribution is -2.13. The number of hydrogen-bond acceptors (Lipinski definition) is 3. The summed E-state index contributed by atoms with van der Waals surface area (Å²) in [7, 11) is 0. The van der Waals surface area contributed by atoms with E-state index in [0.717, 1.165) is 27.6 Å². The van der Waals surface area contributed by atoms with Crippen LogP contribution in [0.4, 0.5) is 0 Å². The van der Waals surface area contributed by atoms with Gasteiger partial charge >= 0.3 is 5.97 Å². The van der Waals surface area contributed by atoms with E-state index in [0.29, 0.717) is 16.3 Å². The molecule has 0 saturated carbocycles. The van der Waals surface area contributed by atoms with E-state index >= 15 is 0 Å². The van der Waals surface area contributed by atoms with Gasteiger partial charge in [-0.05, 0) is 43.2 Å². The smallest absolute Gasteiger partial charge is 0.341 e. The van der Waals surface area contributed by atoms with Gasteiger partial charge in [0.05, 0.1) is 16.8 Å². The lowest BCUT2D eigenvalue weighted by atomic mass is 9.94. The highest BCUT2D eigenvalue weighted by molar-refractivity contribution is 6.31. The maximum atomic E-state index is 13.3. The predicted octanol–water partition coefficient (Wildman–Crippen LogP) is 6.78. The number of carbonyl (C=O) groups is 1. The number of esters is 1. The third-order valence-corrected chi connectivity index (χ3v) is 5.18. The van der Waals surface area contributed by atoms with Crippen molar-refractivity contribution in [2.45, 2.75) is 20.0 Å². The molecule has 29 heavy (non-hydrogen) atoms. The molecule has 0 N–H and O–H groups in total. The minimum atomic E-state index is -0.396. The molecule has 144 valence electrons. The zero-order chi connectivity index (χ0) is 20.4. The van der Waals surface area contributed by atoms with Gasteiger partial charge in [0.15, 0.2) is 0 Å². The second kappa shape index (κ2) is 8.06. The monoisotopic (exact) mass is 401 g/mol. The number of rotatable bonds is 4. The third kappa shape index (κ3) is 3.87. The summed E-state index contributed by atoms with van der Waals surface area (Å²) in [5, 5.41) is 1.42. The van der Waals surface area contributed by atoms with Crippen LogP contribution >= 0.6 is 11.6 Å². The second-order valence-corrected chi connectivity index (χ2v) is 7.37. The van der Waals surface area contributed by atoms with E-state index in [2.05, 4.69) is 4.98 Å². The highest BCUT2D eigenvalue weighted by Gasteiger charge is 2.23. The van der Waals surface area contributed by atoms with E-state index in [1.54, 1.807) is 6.07 Å². The molecule has 0 aliphatic carbocycles. The largest absolute Gasteiger partial charge is 0.454 e. The number of hydrogen-bond donors (Lipinski definition) is 0. The summed E-state index contributed by atoms with van der Waals surface area (Å²) >= 11 is 6.27. The van der Waals surface area contributed by atoms with Crippen molar-refractivity contribution in [1.29, 1.82) is 0 Å². The Morgan fingerprint density at radius 3 is 2.31 bits per heavy atom. The number of aryl methyl sites for hydroxylation is 1. The lowest BCUT2D eigenvalue weighted by Gasteiger charge is -2.18. The van der Waals surface area contributed by atoms with Crippen molar-refractivity contribution >= 4 is 28.5 Å². The third-order valence-electron chi connectivity index (χ3n) is 4.95. The molecule has 0 unspecified atom stereocenters. The number of pyridine rings is 1. The fraction of sp³-hybridized carbons (Fsp3) is 0.120. The summed E-state index contributed by atoms with van der Waals surface area (Å²) in [5.41, 5.74) is 4.54. The Labute approximate surface area is 174 Å². The van der Waals surface area contributed by atoms with Gasteiger partial charge in [-0.1, -0.05) is 72.3 Å². The van der Waals surface area contributed by atoms with Crippen molar-refractivity contribution in [3.05, 3.63) is 101 Å². The highest BCUT2D eigenvalue weighted by atomic mass is 35.5. The molecule has 4 aromatic rings. The summed E-state index contributed by atoms with van der Waals surface area (Å²) in [6.07, 6.45) is -0.373. The van der Waals surface area contributed by atoms with E-state index in [4.69, 9.17) is 16.3 Å². The van der Waals surface area contributed by atoms with Gasteiger partial charge in [-0.25, -0.2) is 4.79 Å². The average molecular weight is 402 g/mol. The number of ether oxygens (including phenoxy) is 1. The van der Waals surface area contributed by atoms with Crippen molar-refractivity contribution in [1.82, 2.24) is 4.98 Å². The van der Waals surface area contributed by atoms with E-state index in [9.17, 15) is 4.79 Å². The highest BCUT2D eigenvalue weighted by Crippen LogP contribution is 2.35. The molecule has 0 radical (unpaired) electrons. The molecule has 0 saturated heterocycles. The number of benzene rings is 3. The molecule has 4 heteroatoms. The summed E-state index contributed by atoms with van der Waals surface area (Å²) in [4.78, 5) is 17.9. The number of carbonyl (C=O) groups excluding carboxylic acids is 1. The first kappa shape index (κ1) is 19.2.